The van der Waals surface area contributed by atoms with Crippen LogP contribution in [-0.2, 0) is 19.9 Å². The first-order valence-electron chi connectivity index (χ1n) is 6.71. The van der Waals surface area contributed by atoms with E-state index in [4.69, 9.17) is 4.74 Å². The van der Waals surface area contributed by atoms with E-state index in [1.807, 2.05) is 31.4 Å². The van der Waals surface area contributed by atoms with Crippen LogP contribution in [0.1, 0.15) is 25.1 Å². The normalized spacial score (nSPS) is 10.9. The molecule has 4 nitrogen and oxygen atoms in total. The van der Waals surface area contributed by atoms with E-state index < -0.39 is 0 Å². The number of hydrogen-bond acceptors (Lipinski definition) is 3. The maximum Gasteiger partial charge on any atom is 0.122 e. The van der Waals surface area contributed by atoms with Crippen molar-refractivity contribution in [2.75, 3.05) is 6.61 Å². The molecule has 0 unspecified atom stereocenters. The van der Waals surface area contributed by atoms with Crippen molar-refractivity contribution in [3.05, 3.63) is 41.7 Å². The molecule has 0 aliphatic carbocycles. The lowest BCUT2D eigenvalue weighted by atomic mass is 10.1. The molecule has 1 aromatic heterocycles. The van der Waals surface area contributed by atoms with Crippen molar-refractivity contribution < 1.29 is 4.74 Å². The number of para-hydroxylation sites is 1. The molecule has 0 aliphatic rings. The van der Waals surface area contributed by atoms with E-state index in [0.717, 1.165) is 30.9 Å². The van der Waals surface area contributed by atoms with E-state index in [9.17, 15) is 0 Å². The summed E-state index contributed by atoms with van der Waals surface area (Å²) in [6.07, 6.45) is 3.76. The van der Waals surface area contributed by atoms with Crippen molar-refractivity contribution in [1.82, 2.24) is 15.0 Å². The molecule has 2 aromatic rings. The van der Waals surface area contributed by atoms with Gasteiger partial charge in [-0.25, -0.2) is 0 Å². The third kappa shape index (κ3) is 4.09. The molecule has 1 heterocycles. The van der Waals surface area contributed by atoms with E-state index >= 15 is 0 Å². The molecule has 102 valence electrons. The lowest BCUT2D eigenvalue weighted by Crippen LogP contribution is -2.06. The van der Waals surface area contributed by atoms with Gasteiger partial charge in [0.05, 0.1) is 12.3 Å². The standard InChI is InChI=1S/C15H21N3O/c1-12(2)11-19-15-7-5-4-6-13(15)8-9-14-10-18(3)17-16-14/h4-7,10,12H,8-9,11H2,1-3H3. The highest BCUT2D eigenvalue weighted by Crippen LogP contribution is 2.20. The largest absolute Gasteiger partial charge is 0.493 e. The predicted molar refractivity (Wildman–Crippen MR) is 75.2 cm³/mol. The summed E-state index contributed by atoms with van der Waals surface area (Å²) in [4.78, 5) is 0. The highest BCUT2D eigenvalue weighted by atomic mass is 16.5. The van der Waals surface area contributed by atoms with Gasteiger partial charge in [0.25, 0.3) is 0 Å². The van der Waals surface area contributed by atoms with Gasteiger partial charge in [0.2, 0.25) is 0 Å². The van der Waals surface area contributed by atoms with Crippen LogP contribution >= 0.6 is 0 Å². The molecule has 0 radical (unpaired) electrons. The Bertz CT molecular complexity index is 520. The van der Waals surface area contributed by atoms with Crippen molar-refractivity contribution in [3.63, 3.8) is 0 Å². The summed E-state index contributed by atoms with van der Waals surface area (Å²) in [6, 6.07) is 8.22. The highest BCUT2D eigenvalue weighted by molar-refractivity contribution is 5.33. The van der Waals surface area contributed by atoms with E-state index in [2.05, 4.69) is 30.2 Å². The minimum atomic E-state index is 0.535. The van der Waals surface area contributed by atoms with Gasteiger partial charge in [-0.05, 0) is 30.4 Å². The monoisotopic (exact) mass is 259 g/mol. The molecule has 2 rings (SSSR count). The Hall–Kier alpha value is -1.84. The summed E-state index contributed by atoms with van der Waals surface area (Å²) < 4.78 is 7.58. The van der Waals surface area contributed by atoms with Crippen molar-refractivity contribution in [2.24, 2.45) is 13.0 Å². The quantitative estimate of drug-likeness (QED) is 0.800. The van der Waals surface area contributed by atoms with Gasteiger partial charge in [-0.15, -0.1) is 5.10 Å². The van der Waals surface area contributed by atoms with Crippen molar-refractivity contribution in [1.29, 1.82) is 0 Å². The number of hydrogen-bond donors (Lipinski definition) is 0. The van der Waals surface area contributed by atoms with Gasteiger partial charge in [-0.2, -0.15) is 0 Å². The lowest BCUT2D eigenvalue weighted by Gasteiger charge is -2.12. The summed E-state index contributed by atoms with van der Waals surface area (Å²) in [5.74, 6) is 1.52. The average Bonchev–Trinajstić information content (AvgIpc) is 2.80. The second-order valence-corrected chi connectivity index (χ2v) is 5.20. The molecule has 0 aliphatic heterocycles. The summed E-state index contributed by atoms with van der Waals surface area (Å²) in [7, 11) is 1.89. The zero-order chi connectivity index (χ0) is 13.7. The minimum Gasteiger partial charge on any atom is -0.493 e. The molecule has 0 saturated carbocycles. The topological polar surface area (TPSA) is 39.9 Å². The first-order chi connectivity index (χ1) is 9.15. The number of ether oxygens (including phenoxy) is 1. The number of nitrogens with zero attached hydrogens (tertiary/aromatic N) is 3. The van der Waals surface area contributed by atoms with Gasteiger partial charge >= 0.3 is 0 Å². The minimum absolute atomic E-state index is 0.535. The Kier molecular flexibility index (Phi) is 4.55. The molecule has 0 amide bonds. The van der Waals surface area contributed by atoms with Crippen LogP contribution in [0.5, 0.6) is 5.75 Å². The molecule has 0 atom stereocenters. The van der Waals surface area contributed by atoms with E-state index in [1.165, 1.54) is 5.56 Å². The second kappa shape index (κ2) is 6.36. The molecule has 0 bridgehead atoms. The zero-order valence-electron chi connectivity index (χ0n) is 11.8. The van der Waals surface area contributed by atoms with Gasteiger partial charge in [0.1, 0.15) is 5.75 Å². The number of benzene rings is 1. The summed E-state index contributed by atoms with van der Waals surface area (Å²) in [6.45, 7) is 5.06. The van der Waals surface area contributed by atoms with Crippen LogP contribution < -0.4 is 4.74 Å². The van der Waals surface area contributed by atoms with Gasteiger partial charge in [-0.1, -0.05) is 37.3 Å². The van der Waals surface area contributed by atoms with Gasteiger partial charge in [0.15, 0.2) is 0 Å². The number of aromatic nitrogens is 3. The second-order valence-electron chi connectivity index (χ2n) is 5.20. The van der Waals surface area contributed by atoms with Crippen LogP contribution in [0.3, 0.4) is 0 Å². The maximum atomic E-state index is 5.85. The van der Waals surface area contributed by atoms with E-state index in [0.29, 0.717) is 5.92 Å². The fourth-order valence-corrected chi connectivity index (χ4v) is 1.88. The Balaban J connectivity index is 1.99. The first-order valence-corrected chi connectivity index (χ1v) is 6.71. The van der Waals surface area contributed by atoms with Gasteiger partial charge < -0.3 is 4.74 Å². The van der Waals surface area contributed by atoms with Crippen molar-refractivity contribution in [2.45, 2.75) is 26.7 Å². The number of aryl methyl sites for hydroxylation is 3. The van der Waals surface area contributed by atoms with Gasteiger partial charge in [0, 0.05) is 13.2 Å². The highest BCUT2D eigenvalue weighted by Gasteiger charge is 2.06. The lowest BCUT2D eigenvalue weighted by molar-refractivity contribution is 0.268. The molecule has 4 heteroatoms. The third-order valence-electron chi connectivity index (χ3n) is 2.85. The molecule has 1 aromatic carbocycles. The SMILES string of the molecule is CC(C)COc1ccccc1CCc1cn(C)nn1. The van der Waals surface area contributed by atoms with E-state index in [1.54, 1.807) is 4.68 Å². The Morgan fingerprint density at radius 1 is 1.21 bits per heavy atom. The average molecular weight is 259 g/mol. The fraction of sp³-hybridized carbons (Fsp3) is 0.467. The molecular weight excluding hydrogens is 238 g/mol. The summed E-state index contributed by atoms with van der Waals surface area (Å²) in [5.41, 5.74) is 2.25. The van der Waals surface area contributed by atoms with Crippen molar-refractivity contribution in [3.8, 4) is 5.75 Å². The Morgan fingerprint density at radius 3 is 2.68 bits per heavy atom. The fourth-order valence-electron chi connectivity index (χ4n) is 1.88. The summed E-state index contributed by atoms with van der Waals surface area (Å²) >= 11 is 0. The van der Waals surface area contributed by atoms with Crippen LogP contribution in [0.2, 0.25) is 0 Å². The maximum absolute atomic E-state index is 5.85. The van der Waals surface area contributed by atoms with Crippen LogP contribution in [0.25, 0.3) is 0 Å². The molecule has 0 N–H and O–H groups in total. The first kappa shape index (κ1) is 13.6. The van der Waals surface area contributed by atoms with Crippen LogP contribution in [-0.4, -0.2) is 21.6 Å². The zero-order valence-corrected chi connectivity index (χ0v) is 11.8. The molecule has 0 spiro atoms. The third-order valence-corrected chi connectivity index (χ3v) is 2.85. The van der Waals surface area contributed by atoms with Crippen LogP contribution in [0.15, 0.2) is 30.5 Å². The molecule has 0 fully saturated rings. The van der Waals surface area contributed by atoms with Crippen LogP contribution in [0.4, 0.5) is 0 Å². The van der Waals surface area contributed by atoms with Gasteiger partial charge in [-0.3, -0.25) is 4.68 Å². The van der Waals surface area contributed by atoms with Crippen LogP contribution in [0, 0.1) is 5.92 Å². The number of rotatable bonds is 6. The smallest absolute Gasteiger partial charge is 0.122 e. The van der Waals surface area contributed by atoms with E-state index in [-0.39, 0.29) is 0 Å². The Morgan fingerprint density at radius 2 is 2.00 bits per heavy atom. The predicted octanol–water partition coefficient (Wildman–Crippen LogP) is 2.64. The summed E-state index contributed by atoms with van der Waals surface area (Å²) in [5, 5.41) is 8.05. The molecule has 0 saturated heterocycles. The van der Waals surface area contributed by atoms with Crippen molar-refractivity contribution >= 4 is 0 Å². The molecular formula is C15H21N3O. The molecule has 19 heavy (non-hydrogen) atoms. The Labute approximate surface area is 114 Å².